The maximum absolute atomic E-state index is 12.1. The van der Waals surface area contributed by atoms with Crippen LogP contribution in [0.3, 0.4) is 0 Å². The molecule has 2 N–H and O–H groups in total. The fourth-order valence-electron chi connectivity index (χ4n) is 2.72. The second-order valence-electron chi connectivity index (χ2n) is 6.50. The van der Waals surface area contributed by atoms with E-state index in [1.165, 1.54) is 17.4 Å². The average molecular weight is 471 g/mol. The number of nitrogens with one attached hydrogen (secondary N) is 1. The van der Waals surface area contributed by atoms with Gasteiger partial charge in [-0.1, -0.05) is 17.7 Å². The van der Waals surface area contributed by atoms with Gasteiger partial charge in [-0.2, -0.15) is 0 Å². The van der Waals surface area contributed by atoms with E-state index in [1.807, 2.05) is 41.1 Å². The lowest BCUT2D eigenvalue weighted by molar-refractivity contribution is -0.134. The van der Waals surface area contributed by atoms with Crippen LogP contribution in [0.25, 0.3) is 11.4 Å². The summed E-state index contributed by atoms with van der Waals surface area (Å²) in [7, 11) is 0. The van der Waals surface area contributed by atoms with Crippen LogP contribution in [-0.2, 0) is 11.3 Å². The zero-order chi connectivity index (χ0) is 23.1. The summed E-state index contributed by atoms with van der Waals surface area (Å²) in [5.41, 5.74) is 2.35. The third kappa shape index (κ3) is 6.16. The molecule has 0 aliphatic carbocycles. The summed E-state index contributed by atoms with van der Waals surface area (Å²) in [6, 6.07) is 16.0. The predicted octanol–water partition coefficient (Wildman–Crippen LogP) is 3.76. The number of aromatic nitrogens is 3. The molecule has 1 aromatic carbocycles. The fourth-order valence-corrected chi connectivity index (χ4v) is 3.68. The molecular weight excluding hydrogens is 452 g/mol. The first-order chi connectivity index (χ1) is 15.3. The van der Waals surface area contributed by atoms with Crippen LogP contribution < -0.4 is 10.9 Å². The number of amides is 1. The van der Waals surface area contributed by atoms with Crippen molar-refractivity contribution in [1.82, 2.24) is 19.4 Å². The topological polar surface area (TPSA) is 106 Å². The van der Waals surface area contributed by atoms with Crippen LogP contribution in [0, 0.1) is 0 Å². The average Bonchev–Trinajstić information content (AvgIpc) is 3.41. The van der Waals surface area contributed by atoms with Gasteiger partial charge in [0.2, 0.25) is 0 Å². The highest BCUT2D eigenvalue weighted by Crippen LogP contribution is 2.21. The summed E-state index contributed by atoms with van der Waals surface area (Å²) in [4.78, 5) is 37.9. The molecule has 0 atom stereocenters. The summed E-state index contributed by atoms with van der Waals surface area (Å²) in [5.74, 6) is -1.01. The third-order valence-electron chi connectivity index (χ3n) is 4.11. The maximum Gasteiger partial charge on any atom is 0.300 e. The smallest absolute Gasteiger partial charge is 0.300 e. The number of nitrogens with zero attached hydrogens (tertiary/aromatic N) is 3. The molecular formula is C22H19ClN4O4S. The van der Waals surface area contributed by atoms with E-state index in [0.717, 1.165) is 24.0 Å². The van der Waals surface area contributed by atoms with Gasteiger partial charge in [-0.15, -0.1) is 11.3 Å². The van der Waals surface area contributed by atoms with Gasteiger partial charge >= 0.3 is 0 Å². The molecule has 3 aromatic heterocycles. The van der Waals surface area contributed by atoms with Gasteiger partial charge < -0.3 is 15.0 Å². The molecule has 0 spiro atoms. The lowest BCUT2D eigenvalue weighted by Gasteiger charge is -2.07. The van der Waals surface area contributed by atoms with E-state index in [1.54, 1.807) is 35.3 Å². The number of carbonyl (C=O) groups is 2. The van der Waals surface area contributed by atoms with Crippen LogP contribution in [0.4, 0.5) is 0 Å². The number of halogens is 1. The van der Waals surface area contributed by atoms with Crippen molar-refractivity contribution in [3.63, 3.8) is 0 Å². The first-order valence-electron chi connectivity index (χ1n) is 9.38. The van der Waals surface area contributed by atoms with Crippen LogP contribution in [0.1, 0.15) is 22.3 Å². The molecule has 1 amide bonds. The van der Waals surface area contributed by atoms with Crippen LogP contribution >= 0.6 is 22.9 Å². The number of benzene rings is 1. The molecule has 32 heavy (non-hydrogen) atoms. The second-order valence-corrected chi connectivity index (χ2v) is 8.22. The molecule has 0 bridgehead atoms. The van der Waals surface area contributed by atoms with E-state index in [-0.39, 0.29) is 11.5 Å². The SMILES string of the molecule is CC(=O)O.O=C(NCc1cn(-c2ccc(-n3ccccc3=O)cc2)cn1)c1ccc(Cl)s1. The van der Waals surface area contributed by atoms with Crippen LogP contribution in [0.15, 0.2) is 78.1 Å². The standard InChI is InChI=1S/C20H15ClN4O2S.C2H4O2/c21-18-9-8-17(28-18)20(27)22-11-14-12-24(13-23-14)15-4-6-16(7-5-15)25-10-2-1-3-19(25)26;1-2(3)4/h1-10,12-13H,11H2,(H,22,27);1H3,(H,3,4). The lowest BCUT2D eigenvalue weighted by Crippen LogP contribution is -2.21. The number of rotatable bonds is 5. The van der Waals surface area contributed by atoms with Gasteiger partial charge in [0.15, 0.2) is 0 Å². The first-order valence-corrected chi connectivity index (χ1v) is 10.6. The fraction of sp³-hybridized carbons (Fsp3) is 0.0909. The van der Waals surface area contributed by atoms with Crippen molar-refractivity contribution in [3.05, 3.63) is 98.6 Å². The Morgan fingerprint density at radius 3 is 2.41 bits per heavy atom. The molecule has 4 aromatic rings. The second kappa shape index (κ2) is 10.6. The molecule has 0 saturated heterocycles. The summed E-state index contributed by atoms with van der Waals surface area (Å²) < 4.78 is 4.02. The minimum atomic E-state index is -0.833. The number of hydrogen-bond acceptors (Lipinski definition) is 5. The quantitative estimate of drug-likeness (QED) is 0.462. The monoisotopic (exact) mass is 470 g/mol. The normalized spacial score (nSPS) is 10.2. The van der Waals surface area contributed by atoms with Gasteiger partial charge in [0.05, 0.1) is 27.8 Å². The Kier molecular flexibility index (Phi) is 7.58. The Hall–Kier alpha value is -3.69. The summed E-state index contributed by atoms with van der Waals surface area (Å²) >= 11 is 7.09. The highest BCUT2D eigenvalue weighted by atomic mass is 35.5. The van der Waals surface area contributed by atoms with Crippen LogP contribution in [0.5, 0.6) is 0 Å². The minimum Gasteiger partial charge on any atom is -0.481 e. The zero-order valence-electron chi connectivity index (χ0n) is 16.9. The van der Waals surface area contributed by atoms with Gasteiger partial charge in [0.1, 0.15) is 0 Å². The number of thiophene rings is 1. The van der Waals surface area contributed by atoms with Crippen molar-refractivity contribution in [2.75, 3.05) is 0 Å². The number of hydrogen-bond donors (Lipinski definition) is 2. The molecule has 4 rings (SSSR count). The van der Waals surface area contributed by atoms with E-state index in [4.69, 9.17) is 21.5 Å². The van der Waals surface area contributed by atoms with Crippen molar-refractivity contribution >= 4 is 34.8 Å². The molecule has 10 heteroatoms. The van der Waals surface area contributed by atoms with E-state index in [0.29, 0.717) is 15.8 Å². The van der Waals surface area contributed by atoms with Crippen molar-refractivity contribution in [2.24, 2.45) is 0 Å². The van der Waals surface area contributed by atoms with E-state index in [2.05, 4.69) is 10.3 Å². The molecule has 3 heterocycles. The van der Waals surface area contributed by atoms with Gasteiger partial charge in [-0.25, -0.2) is 4.98 Å². The largest absolute Gasteiger partial charge is 0.481 e. The van der Waals surface area contributed by atoms with Crippen molar-refractivity contribution in [3.8, 4) is 11.4 Å². The van der Waals surface area contributed by atoms with Crippen molar-refractivity contribution in [1.29, 1.82) is 0 Å². The van der Waals surface area contributed by atoms with Gasteiger partial charge in [0.25, 0.3) is 17.4 Å². The number of carboxylic acid groups (broad SMARTS) is 1. The molecule has 8 nitrogen and oxygen atoms in total. The van der Waals surface area contributed by atoms with Crippen LogP contribution in [-0.4, -0.2) is 31.1 Å². The first kappa shape index (κ1) is 23.0. The minimum absolute atomic E-state index is 0.0806. The number of carboxylic acids is 1. The zero-order valence-corrected chi connectivity index (χ0v) is 18.5. The van der Waals surface area contributed by atoms with Crippen molar-refractivity contribution < 1.29 is 14.7 Å². The molecule has 0 aliphatic heterocycles. The Labute approximate surface area is 192 Å². The molecule has 164 valence electrons. The Morgan fingerprint density at radius 1 is 1.09 bits per heavy atom. The van der Waals surface area contributed by atoms with E-state index < -0.39 is 5.97 Å². The number of pyridine rings is 1. The van der Waals surface area contributed by atoms with Crippen LogP contribution in [0.2, 0.25) is 4.34 Å². The highest BCUT2D eigenvalue weighted by Gasteiger charge is 2.09. The Balaban J connectivity index is 0.000000668. The molecule has 0 unspecified atom stereocenters. The summed E-state index contributed by atoms with van der Waals surface area (Å²) in [6.07, 6.45) is 5.27. The maximum atomic E-state index is 12.1. The van der Waals surface area contributed by atoms with Crippen molar-refractivity contribution in [2.45, 2.75) is 13.5 Å². The molecule has 0 aliphatic rings. The molecule has 0 saturated carbocycles. The third-order valence-corrected chi connectivity index (χ3v) is 5.34. The highest BCUT2D eigenvalue weighted by molar-refractivity contribution is 7.17. The van der Waals surface area contributed by atoms with Gasteiger partial charge in [-0.05, 0) is 42.5 Å². The van der Waals surface area contributed by atoms with Gasteiger partial charge in [0, 0.05) is 36.8 Å². The predicted molar refractivity (Wildman–Crippen MR) is 123 cm³/mol. The van der Waals surface area contributed by atoms with E-state index in [9.17, 15) is 9.59 Å². The Bertz CT molecular complexity index is 1270. The Morgan fingerprint density at radius 2 is 1.78 bits per heavy atom. The number of imidazole rings is 1. The summed E-state index contributed by atoms with van der Waals surface area (Å²) in [5, 5.41) is 10.2. The summed E-state index contributed by atoms with van der Waals surface area (Å²) in [6.45, 7) is 1.40. The number of carbonyl (C=O) groups excluding carboxylic acids is 1. The number of aliphatic carboxylic acids is 1. The van der Waals surface area contributed by atoms with E-state index >= 15 is 0 Å². The molecule has 0 fully saturated rings. The lowest BCUT2D eigenvalue weighted by atomic mass is 10.2. The van der Waals surface area contributed by atoms with Gasteiger partial charge in [-0.3, -0.25) is 19.0 Å². The molecule has 0 radical (unpaired) electrons.